The van der Waals surface area contributed by atoms with Crippen molar-refractivity contribution in [3.63, 3.8) is 0 Å². The van der Waals surface area contributed by atoms with Crippen LogP contribution in [-0.4, -0.2) is 40.8 Å². The van der Waals surface area contributed by atoms with E-state index in [1.807, 2.05) is 18.2 Å². The second kappa shape index (κ2) is 10.3. The lowest BCUT2D eigenvalue weighted by Gasteiger charge is -2.23. The smallest absolute Gasteiger partial charge is 0.417 e. The van der Waals surface area contributed by atoms with Crippen LogP contribution in [0, 0.1) is 0 Å². The minimum absolute atomic E-state index is 0.0848. The van der Waals surface area contributed by atoms with E-state index in [1.165, 1.54) is 11.6 Å². The van der Waals surface area contributed by atoms with Gasteiger partial charge in [0.2, 0.25) is 5.88 Å². The van der Waals surface area contributed by atoms with Crippen molar-refractivity contribution in [3.05, 3.63) is 89.3 Å². The van der Waals surface area contributed by atoms with Crippen molar-refractivity contribution in [2.45, 2.75) is 38.0 Å². The molecule has 1 fully saturated rings. The van der Waals surface area contributed by atoms with Crippen LogP contribution >= 0.6 is 0 Å². The van der Waals surface area contributed by atoms with Gasteiger partial charge in [0.25, 0.3) is 0 Å². The number of halogens is 3. The zero-order chi connectivity index (χ0) is 23.3. The average Bonchev–Trinajstić information content (AvgIpc) is 3.30. The molecule has 0 unspecified atom stereocenters. The summed E-state index contributed by atoms with van der Waals surface area (Å²) in [6, 6.07) is 12.4. The van der Waals surface area contributed by atoms with Gasteiger partial charge in [0.15, 0.2) is 0 Å². The van der Waals surface area contributed by atoms with Crippen molar-refractivity contribution in [1.29, 1.82) is 0 Å². The molecule has 7 heteroatoms. The van der Waals surface area contributed by atoms with E-state index in [4.69, 9.17) is 4.74 Å². The SMILES string of the molecule is OCC1=C(N2CC[C@H](Oc3ccc(C(F)(F)F)cn3)C2)/C=C\CCCC(c2ccccc2)=C1. The zero-order valence-electron chi connectivity index (χ0n) is 18.3. The summed E-state index contributed by atoms with van der Waals surface area (Å²) in [5.41, 5.74) is 3.36. The van der Waals surface area contributed by atoms with Crippen LogP contribution in [0.4, 0.5) is 13.2 Å². The van der Waals surface area contributed by atoms with E-state index < -0.39 is 11.7 Å². The van der Waals surface area contributed by atoms with Crippen LogP contribution in [0.25, 0.3) is 5.57 Å². The van der Waals surface area contributed by atoms with Gasteiger partial charge in [-0.05, 0) is 42.5 Å². The molecule has 1 aromatic carbocycles. The van der Waals surface area contributed by atoms with Crippen molar-refractivity contribution in [2.24, 2.45) is 0 Å². The lowest BCUT2D eigenvalue weighted by Crippen LogP contribution is -2.25. The van der Waals surface area contributed by atoms with E-state index in [0.717, 1.165) is 54.9 Å². The number of allylic oxidation sites excluding steroid dienone is 3. The van der Waals surface area contributed by atoms with Gasteiger partial charge in [-0.25, -0.2) is 4.98 Å². The molecule has 1 saturated heterocycles. The summed E-state index contributed by atoms with van der Waals surface area (Å²) in [6.45, 7) is 1.21. The van der Waals surface area contributed by atoms with Gasteiger partial charge in [-0.2, -0.15) is 13.2 Å². The predicted octanol–water partition coefficient (Wildman–Crippen LogP) is 5.62. The molecule has 174 valence electrons. The molecular weight excluding hydrogens is 429 g/mol. The number of pyridine rings is 1. The number of aromatic nitrogens is 1. The molecule has 4 rings (SSSR count). The Balaban J connectivity index is 1.52. The van der Waals surface area contributed by atoms with Crippen LogP contribution in [0.2, 0.25) is 0 Å². The molecule has 1 aliphatic carbocycles. The highest BCUT2D eigenvalue weighted by Crippen LogP contribution is 2.31. The molecule has 1 aromatic heterocycles. The minimum Gasteiger partial charge on any atom is -0.472 e. The number of benzene rings is 1. The summed E-state index contributed by atoms with van der Waals surface area (Å²) in [7, 11) is 0. The molecule has 1 aliphatic heterocycles. The molecule has 0 radical (unpaired) electrons. The maximum Gasteiger partial charge on any atom is 0.417 e. The summed E-state index contributed by atoms with van der Waals surface area (Å²) in [6.07, 6.45) is 6.08. The van der Waals surface area contributed by atoms with Gasteiger partial charge in [0, 0.05) is 36.5 Å². The van der Waals surface area contributed by atoms with Crippen LogP contribution in [0.3, 0.4) is 0 Å². The van der Waals surface area contributed by atoms with E-state index in [2.05, 4.69) is 40.2 Å². The highest BCUT2D eigenvalue weighted by Gasteiger charge is 2.31. The Morgan fingerprint density at radius 3 is 2.64 bits per heavy atom. The lowest BCUT2D eigenvalue weighted by atomic mass is 9.98. The van der Waals surface area contributed by atoms with Crippen molar-refractivity contribution < 1.29 is 23.0 Å². The Labute approximate surface area is 191 Å². The van der Waals surface area contributed by atoms with E-state index in [0.29, 0.717) is 13.0 Å². The third-order valence-electron chi connectivity index (χ3n) is 5.92. The Kier molecular flexibility index (Phi) is 7.18. The summed E-state index contributed by atoms with van der Waals surface area (Å²) in [4.78, 5) is 5.99. The molecule has 4 nitrogen and oxygen atoms in total. The number of likely N-dealkylation sites (tertiary alicyclic amines) is 1. The standard InChI is InChI=1S/C26H27F3N2O2/c27-26(28,29)22-11-12-25(30-16-22)33-23-13-14-31(17-23)24-10-6-2-5-9-20(15-21(24)18-32)19-7-3-1-4-8-19/h1,3-4,6-8,10-12,15-16,23,32H,2,5,9,13-14,17-18H2/b10-6-,20-15?,24-21?/t23-/m0/s1. The number of alkyl halides is 3. The fraction of sp³-hybridized carbons (Fsp3) is 0.346. The molecular formula is C26H27F3N2O2. The quantitative estimate of drug-likeness (QED) is 0.634. The fourth-order valence-corrected chi connectivity index (χ4v) is 4.22. The number of hydrogen-bond donors (Lipinski definition) is 1. The van der Waals surface area contributed by atoms with Gasteiger partial charge >= 0.3 is 6.18 Å². The molecule has 2 aliphatic rings. The Morgan fingerprint density at radius 2 is 1.94 bits per heavy atom. The summed E-state index contributed by atoms with van der Waals surface area (Å²) in [5, 5.41) is 10.2. The minimum atomic E-state index is -4.42. The third kappa shape index (κ3) is 5.85. The van der Waals surface area contributed by atoms with Crippen molar-refractivity contribution in [2.75, 3.05) is 19.7 Å². The van der Waals surface area contributed by atoms with E-state index in [1.54, 1.807) is 0 Å². The van der Waals surface area contributed by atoms with Crippen molar-refractivity contribution >= 4 is 5.57 Å². The molecule has 0 saturated carbocycles. The Bertz CT molecular complexity index is 1030. The predicted molar refractivity (Wildman–Crippen MR) is 121 cm³/mol. The monoisotopic (exact) mass is 456 g/mol. The largest absolute Gasteiger partial charge is 0.472 e. The first kappa shape index (κ1) is 23.1. The van der Waals surface area contributed by atoms with Crippen molar-refractivity contribution in [3.8, 4) is 5.88 Å². The molecule has 0 spiro atoms. The topological polar surface area (TPSA) is 45.6 Å². The molecule has 1 N–H and O–H groups in total. The normalized spacial score (nSPS) is 20.7. The van der Waals surface area contributed by atoms with Crippen molar-refractivity contribution in [1.82, 2.24) is 9.88 Å². The zero-order valence-corrected chi connectivity index (χ0v) is 18.3. The highest BCUT2D eigenvalue weighted by molar-refractivity contribution is 5.69. The van der Waals surface area contributed by atoms with Gasteiger partial charge in [0.05, 0.1) is 18.7 Å². The van der Waals surface area contributed by atoms with Crippen LogP contribution in [0.5, 0.6) is 5.88 Å². The number of nitrogens with zero attached hydrogens (tertiary/aromatic N) is 2. The van der Waals surface area contributed by atoms with Gasteiger partial charge in [-0.1, -0.05) is 42.5 Å². The van der Waals surface area contributed by atoms with Crippen LogP contribution in [0.15, 0.2) is 78.2 Å². The molecule has 0 amide bonds. The van der Waals surface area contributed by atoms with Crippen LogP contribution in [0.1, 0.15) is 36.8 Å². The number of ether oxygens (including phenoxy) is 1. The maximum absolute atomic E-state index is 12.8. The molecule has 2 heterocycles. The highest BCUT2D eigenvalue weighted by atomic mass is 19.4. The summed E-state index contributed by atoms with van der Waals surface area (Å²) < 4.78 is 44.1. The van der Waals surface area contributed by atoms with E-state index in [-0.39, 0.29) is 18.6 Å². The number of aliphatic hydroxyl groups is 1. The van der Waals surface area contributed by atoms with Crippen LogP contribution < -0.4 is 4.74 Å². The second-order valence-electron chi connectivity index (χ2n) is 8.26. The molecule has 33 heavy (non-hydrogen) atoms. The lowest BCUT2D eigenvalue weighted by molar-refractivity contribution is -0.137. The number of aliphatic hydroxyl groups excluding tert-OH is 1. The summed E-state index contributed by atoms with van der Waals surface area (Å²) in [5.74, 6) is 0.183. The number of hydrogen-bond acceptors (Lipinski definition) is 4. The van der Waals surface area contributed by atoms with Gasteiger partial charge < -0.3 is 14.7 Å². The molecule has 1 atom stereocenters. The number of rotatable bonds is 5. The summed E-state index contributed by atoms with van der Waals surface area (Å²) >= 11 is 0. The fourth-order valence-electron chi connectivity index (χ4n) is 4.22. The van der Waals surface area contributed by atoms with Gasteiger partial charge in [-0.3, -0.25) is 0 Å². The molecule has 0 bridgehead atoms. The third-order valence-corrected chi connectivity index (χ3v) is 5.92. The first-order valence-corrected chi connectivity index (χ1v) is 11.2. The van der Waals surface area contributed by atoms with Crippen LogP contribution in [-0.2, 0) is 6.18 Å². The van der Waals surface area contributed by atoms with E-state index >= 15 is 0 Å². The first-order valence-electron chi connectivity index (χ1n) is 11.2. The Hall–Kier alpha value is -3.06. The maximum atomic E-state index is 12.8. The second-order valence-corrected chi connectivity index (χ2v) is 8.26. The average molecular weight is 457 g/mol. The Morgan fingerprint density at radius 1 is 1.12 bits per heavy atom. The van der Waals surface area contributed by atoms with E-state index in [9.17, 15) is 18.3 Å². The van der Waals surface area contributed by atoms with Gasteiger partial charge in [0.1, 0.15) is 6.10 Å². The molecule has 2 aromatic rings. The van der Waals surface area contributed by atoms with Gasteiger partial charge in [-0.15, -0.1) is 0 Å². The first-order chi connectivity index (χ1) is 15.9.